The van der Waals surface area contributed by atoms with Crippen molar-refractivity contribution >= 4 is 34.3 Å². The van der Waals surface area contributed by atoms with Gasteiger partial charge in [0.1, 0.15) is 12.4 Å². The van der Waals surface area contributed by atoms with Crippen molar-refractivity contribution in [2.45, 2.75) is 36.2 Å². The number of thioether (sulfide) groups is 1. The molecule has 31 heavy (non-hydrogen) atoms. The normalized spacial score (nSPS) is 15.4. The Morgan fingerprint density at radius 3 is 2.68 bits per heavy atom. The number of amides is 1. The molecule has 4 heterocycles. The number of halogens is 2. The number of imidazole rings is 1. The molecule has 0 spiro atoms. The number of likely N-dealkylation sites (tertiary alicyclic amines) is 1. The van der Waals surface area contributed by atoms with Gasteiger partial charge in [-0.3, -0.25) is 9.20 Å². The van der Waals surface area contributed by atoms with Gasteiger partial charge in [0.25, 0.3) is 5.76 Å². The van der Waals surface area contributed by atoms with Crippen LogP contribution in [-0.2, 0) is 11.3 Å². The summed E-state index contributed by atoms with van der Waals surface area (Å²) in [5.41, 5.74) is 2.10. The van der Waals surface area contributed by atoms with Gasteiger partial charge in [-0.1, -0.05) is 18.2 Å². The summed E-state index contributed by atoms with van der Waals surface area (Å²) in [5.74, 6) is -1.55. The Balaban J connectivity index is 1.30. The first-order chi connectivity index (χ1) is 15.1. The van der Waals surface area contributed by atoms with E-state index in [4.69, 9.17) is 0 Å². The number of carbonyl (C=O) groups excluding carboxylic acids is 1. The van der Waals surface area contributed by atoms with E-state index in [2.05, 4.69) is 15.2 Å². The number of para-hydroxylation sites is 2. The number of pyridine rings is 1. The molecular formula is C21H20F2N6OS. The van der Waals surface area contributed by atoms with E-state index in [1.165, 1.54) is 0 Å². The van der Waals surface area contributed by atoms with Gasteiger partial charge in [-0.25, -0.2) is 4.98 Å². The second kappa shape index (κ2) is 8.26. The van der Waals surface area contributed by atoms with Gasteiger partial charge in [0, 0.05) is 25.2 Å². The largest absolute Gasteiger partial charge is 0.341 e. The van der Waals surface area contributed by atoms with Crippen molar-refractivity contribution in [3.05, 3.63) is 54.5 Å². The first-order valence-corrected chi connectivity index (χ1v) is 11.0. The van der Waals surface area contributed by atoms with Crippen LogP contribution in [0.1, 0.15) is 24.6 Å². The second-order valence-corrected chi connectivity index (χ2v) is 8.45. The second-order valence-electron chi connectivity index (χ2n) is 7.49. The van der Waals surface area contributed by atoms with Gasteiger partial charge in [0.2, 0.25) is 5.91 Å². The molecule has 160 valence electrons. The van der Waals surface area contributed by atoms with Gasteiger partial charge in [0.05, 0.1) is 11.0 Å². The summed E-state index contributed by atoms with van der Waals surface area (Å²) >= 11 is 0.369. The maximum absolute atomic E-state index is 13.0. The number of hydrogen-bond donors (Lipinski definition) is 0. The number of alkyl halides is 2. The van der Waals surface area contributed by atoms with E-state index in [0.29, 0.717) is 35.9 Å². The Kier molecular flexibility index (Phi) is 5.31. The predicted molar refractivity (Wildman–Crippen MR) is 113 cm³/mol. The molecule has 0 radical (unpaired) electrons. The van der Waals surface area contributed by atoms with E-state index in [1.807, 2.05) is 34.9 Å². The molecule has 1 amide bonds. The van der Waals surface area contributed by atoms with E-state index >= 15 is 0 Å². The van der Waals surface area contributed by atoms with Gasteiger partial charge in [0.15, 0.2) is 10.8 Å². The van der Waals surface area contributed by atoms with Crippen LogP contribution in [0.15, 0.2) is 53.8 Å². The van der Waals surface area contributed by atoms with Gasteiger partial charge in [-0.15, -0.1) is 10.2 Å². The van der Waals surface area contributed by atoms with Crippen LogP contribution >= 0.6 is 11.8 Å². The zero-order chi connectivity index (χ0) is 21.4. The van der Waals surface area contributed by atoms with Crippen molar-refractivity contribution in [1.82, 2.24) is 29.0 Å². The van der Waals surface area contributed by atoms with Crippen LogP contribution in [0.5, 0.6) is 0 Å². The molecule has 7 nitrogen and oxygen atoms in total. The van der Waals surface area contributed by atoms with Crippen molar-refractivity contribution in [2.24, 2.45) is 0 Å². The highest BCUT2D eigenvalue weighted by molar-refractivity contribution is 7.99. The molecule has 0 unspecified atom stereocenters. The van der Waals surface area contributed by atoms with E-state index in [-0.39, 0.29) is 23.5 Å². The van der Waals surface area contributed by atoms with E-state index in [1.54, 1.807) is 27.7 Å². The molecule has 0 aliphatic carbocycles. The van der Waals surface area contributed by atoms with Gasteiger partial charge in [-0.2, -0.15) is 8.78 Å². The molecule has 1 aliphatic rings. The van der Waals surface area contributed by atoms with Crippen LogP contribution in [-0.4, -0.2) is 53.8 Å². The molecule has 1 aromatic carbocycles. The summed E-state index contributed by atoms with van der Waals surface area (Å²) in [6, 6.07) is 13.0. The minimum absolute atomic E-state index is 0.00586. The molecule has 0 N–H and O–H groups in total. The molecule has 1 fully saturated rings. The van der Waals surface area contributed by atoms with E-state index in [0.717, 1.165) is 24.3 Å². The van der Waals surface area contributed by atoms with E-state index < -0.39 is 5.76 Å². The molecule has 4 aromatic rings. The van der Waals surface area contributed by atoms with Crippen LogP contribution in [0.4, 0.5) is 8.78 Å². The summed E-state index contributed by atoms with van der Waals surface area (Å²) < 4.78 is 29.6. The number of hydrogen-bond acceptors (Lipinski definition) is 5. The van der Waals surface area contributed by atoms with Gasteiger partial charge < -0.3 is 9.47 Å². The average Bonchev–Trinajstić information content (AvgIpc) is 3.35. The fourth-order valence-corrected chi connectivity index (χ4v) is 4.74. The molecular weight excluding hydrogens is 422 g/mol. The summed E-state index contributed by atoms with van der Waals surface area (Å²) in [7, 11) is 0. The molecule has 1 aliphatic heterocycles. The van der Waals surface area contributed by atoms with Crippen molar-refractivity contribution < 1.29 is 13.6 Å². The van der Waals surface area contributed by atoms with Crippen LogP contribution in [0.25, 0.3) is 16.7 Å². The van der Waals surface area contributed by atoms with Gasteiger partial charge >= 0.3 is 0 Å². The Bertz CT molecular complexity index is 1230. The standard InChI is InChI=1S/C21H20F2N6OS/c22-20(23)31-21-24-15-5-1-2-6-16(15)29(21)13-18(30)27-11-8-14(9-12-27)19-26-25-17-7-3-4-10-28(17)19/h1-7,10,14,20H,8-9,11-13H2. The number of rotatable bonds is 5. The Morgan fingerprint density at radius 2 is 1.87 bits per heavy atom. The third kappa shape index (κ3) is 3.87. The topological polar surface area (TPSA) is 68.3 Å². The quantitative estimate of drug-likeness (QED) is 0.440. The fourth-order valence-electron chi connectivity index (χ4n) is 4.14. The number of piperidine rings is 1. The lowest BCUT2D eigenvalue weighted by molar-refractivity contribution is -0.133. The minimum atomic E-state index is -2.60. The molecule has 5 rings (SSSR count). The number of benzene rings is 1. The summed E-state index contributed by atoms with van der Waals surface area (Å²) in [4.78, 5) is 19.1. The lowest BCUT2D eigenvalue weighted by Gasteiger charge is -2.31. The third-order valence-corrected chi connectivity index (χ3v) is 6.36. The molecule has 0 bridgehead atoms. The molecule has 0 saturated carbocycles. The van der Waals surface area contributed by atoms with Crippen molar-refractivity contribution in [3.63, 3.8) is 0 Å². The smallest absolute Gasteiger partial charge is 0.291 e. The highest BCUT2D eigenvalue weighted by atomic mass is 32.2. The maximum atomic E-state index is 13.0. The zero-order valence-electron chi connectivity index (χ0n) is 16.6. The number of carbonyl (C=O) groups is 1. The van der Waals surface area contributed by atoms with Gasteiger partial charge in [-0.05, 0) is 48.9 Å². The molecule has 3 aromatic heterocycles. The van der Waals surface area contributed by atoms with Crippen LogP contribution < -0.4 is 0 Å². The highest BCUT2D eigenvalue weighted by Gasteiger charge is 2.28. The average molecular weight is 442 g/mol. The van der Waals surface area contributed by atoms with Crippen molar-refractivity contribution in [1.29, 1.82) is 0 Å². The van der Waals surface area contributed by atoms with Crippen LogP contribution in [0.3, 0.4) is 0 Å². The Hall–Kier alpha value is -3.01. The first kappa shape index (κ1) is 19.9. The Morgan fingerprint density at radius 1 is 1.10 bits per heavy atom. The minimum Gasteiger partial charge on any atom is -0.341 e. The van der Waals surface area contributed by atoms with Crippen molar-refractivity contribution in [2.75, 3.05) is 13.1 Å². The highest BCUT2D eigenvalue weighted by Crippen LogP contribution is 2.30. The van der Waals surface area contributed by atoms with E-state index in [9.17, 15) is 13.6 Å². The SMILES string of the molecule is O=C(Cn1c(SC(F)F)nc2ccccc21)N1CCC(c2nnc3ccccn23)CC1. The first-order valence-electron chi connectivity index (χ1n) is 10.1. The maximum Gasteiger partial charge on any atom is 0.291 e. The number of aromatic nitrogens is 5. The molecule has 0 atom stereocenters. The molecule has 10 heteroatoms. The van der Waals surface area contributed by atoms with Crippen LogP contribution in [0.2, 0.25) is 0 Å². The van der Waals surface area contributed by atoms with Crippen LogP contribution in [0, 0.1) is 0 Å². The Labute approximate surface area is 181 Å². The molecule has 1 saturated heterocycles. The fraction of sp³-hybridized carbons (Fsp3) is 0.333. The number of fused-ring (bicyclic) bond motifs is 2. The predicted octanol–water partition coefficient (Wildman–Crippen LogP) is 3.80. The lowest BCUT2D eigenvalue weighted by Crippen LogP contribution is -2.40. The zero-order valence-corrected chi connectivity index (χ0v) is 17.4. The van der Waals surface area contributed by atoms with Crippen molar-refractivity contribution in [3.8, 4) is 0 Å². The monoisotopic (exact) mass is 442 g/mol. The lowest BCUT2D eigenvalue weighted by atomic mass is 9.96. The summed E-state index contributed by atoms with van der Waals surface area (Å²) in [5, 5.41) is 8.73. The number of nitrogens with zero attached hydrogens (tertiary/aromatic N) is 6. The third-order valence-electron chi connectivity index (χ3n) is 5.66. The summed E-state index contributed by atoms with van der Waals surface area (Å²) in [6.07, 6.45) is 3.52. The summed E-state index contributed by atoms with van der Waals surface area (Å²) in [6.45, 7) is 1.18.